The van der Waals surface area contributed by atoms with E-state index in [0.29, 0.717) is 17.5 Å². The molecular weight excluding hydrogens is 340 g/mol. The van der Waals surface area contributed by atoms with Crippen LogP contribution in [0.2, 0.25) is 5.02 Å². The highest BCUT2D eigenvalue weighted by Crippen LogP contribution is 2.31. The summed E-state index contributed by atoms with van der Waals surface area (Å²) in [6.45, 7) is 3.31. The van der Waals surface area contributed by atoms with Crippen LogP contribution in [0, 0.1) is 5.92 Å². The highest BCUT2D eigenvalue weighted by atomic mass is 35.5. The number of hydrogen-bond acceptors (Lipinski definition) is 5. The molecule has 3 rings (SSSR count). The van der Waals surface area contributed by atoms with Crippen molar-refractivity contribution >= 4 is 17.5 Å². The van der Waals surface area contributed by atoms with E-state index in [9.17, 15) is 4.79 Å². The zero-order valence-electron chi connectivity index (χ0n) is 14.0. The molecule has 7 heteroatoms. The fourth-order valence-corrected chi connectivity index (χ4v) is 2.59. The number of rotatable bonds is 8. The first kappa shape index (κ1) is 17.6. The number of carbonyl (C=O) groups is 1. The van der Waals surface area contributed by atoms with Crippen molar-refractivity contribution in [3.63, 3.8) is 0 Å². The Morgan fingerprint density at radius 2 is 2.16 bits per heavy atom. The Hall–Kier alpha value is -2.18. The standard InChI is InChI=1S/C18H21ClN4O2/c1-11(15-5-6-16(18(20)24)23-22-15)21-9-13-8-14(19)4-7-17(13)25-10-12-2-3-12/h4-8,11-12,21H,2-3,9-10H2,1H3,(H2,20,24). The van der Waals surface area contributed by atoms with Gasteiger partial charge in [0.15, 0.2) is 5.69 Å². The van der Waals surface area contributed by atoms with Gasteiger partial charge in [0.2, 0.25) is 0 Å². The van der Waals surface area contributed by atoms with Crippen molar-refractivity contribution in [3.05, 3.63) is 52.3 Å². The second-order valence-electron chi connectivity index (χ2n) is 6.32. The molecule has 25 heavy (non-hydrogen) atoms. The molecule has 3 N–H and O–H groups in total. The monoisotopic (exact) mass is 360 g/mol. The van der Waals surface area contributed by atoms with Crippen molar-refractivity contribution in [1.82, 2.24) is 15.5 Å². The van der Waals surface area contributed by atoms with E-state index in [1.165, 1.54) is 12.8 Å². The minimum absolute atomic E-state index is 0.0512. The van der Waals surface area contributed by atoms with Crippen molar-refractivity contribution in [1.29, 1.82) is 0 Å². The summed E-state index contributed by atoms with van der Waals surface area (Å²) in [4.78, 5) is 11.1. The van der Waals surface area contributed by atoms with Crippen LogP contribution in [0.1, 0.15) is 47.6 Å². The minimum Gasteiger partial charge on any atom is -0.493 e. The molecule has 1 aliphatic rings. The van der Waals surface area contributed by atoms with Gasteiger partial charge in [-0.15, -0.1) is 5.10 Å². The normalized spacial score (nSPS) is 15.0. The van der Waals surface area contributed by atoms with E-state index in [1.54, 1.807) is 12.1 Å². The first-order chi connectivity index (χ1) is 12.0. The summed E-state index contributed by atoms with van der Waals surface area (Å²) in [7, 11) is 0. The van der Waals surface area contributed by atoms with Gasteiger partial charge in [0.05, 0.1) is 12.3 Å². The van der Waals surface area contributed by atoms with Gasteiger partial charge >= 0.3 is 0 Å². The molecule has 0 saturated heterocycles. The van der Waals surface area contributed by atoms with E-state index in [0.717, 1.165) is 23.6 Å². The van der Waals surface area contributed by atoms with Gasteiger partial charge < -0.3 is 15.8 Å². The smallest absolute Gasteiger partial charge is 0.269 e. The van der Waals surface area contributed by atoms with Crippen LogP contribution in [0.5, 0.6) is 5.75 Å². The van der Waals surface area contributed by atoms with Gasteiger partial charge in [-0.1, -0.05) is 11.6 Å². The lowest BCUT2D eigenvalue weighted by atomic mass is 10.1. The second-order valence-corrected chi connectivity index (χ2v) is 6.75. The fraction of sp³-hybridized carbons (Fsp3) is 0.389. The topological polar surface area (TPSA) is 90.1 Å². The molecule has 1 fully saturated rings. The maximum Gasteiger partial charge on any atom is 0.269 e. The third kappa shape index (κ3) is 4.90. The molecule has 1 aliphatic carbocycles. The summed E-state index contributed by atoms with van der Waals surface area (Å²) >= 11 is 6.12. The summed E-state index contributed by atoms with van der Waals surface area (Å²) < 4.78 is 5.92. The zero-order valence-corrected chi connectivity index (χ0v) is 14.8. The lowest BCUT2D eigenvalue weighted by molar-refractivity contribution is 0.0994. The van der Waals surface area contributed by atoms with Crippen molar-refractivity contribution in [2.75, 3.05) is 6.61 Å². The van der Waals surface area contributed by atoms with Crippen LogP contribution in [0.4, 0.5) is 0 Å². The molecule has 1 unspecified atom stereocenters. The molecular formula is C18H21ClN4O2. The van der Waals surface area contributed by atoms with Gasteiger partial charge in [0.25, 0.3) is 5.91 Å². The van der Waals surface area contributed by atoms with E-state index in [1.807, 2.05) is 25.1 Å². The van der Waals surface area contributed by atoms with Gasteiger partial charge in [-0.3, -0.25) is 4.79 Å². The number of nitrogens with zero attached hydrogens (tertiary/aromatic N) is 2. The Morgan fingerprint density at radius 3 is 2.80 bits per heavy atom. The Labute approximate surface area is 151 Å². The van der Waals surface area contributed by atoms with E-state index < -0.39 is 5.91 Å². The Morgan fingerprint density at radius 1 is 1.36 bits per heavy atom. The summed E-state index contributed by atoms with van der Waals surface area (Å²) in [5.41, 5.74) is 7.06. The van der Waals surface area contributed by atoms with Crippen LogP contribution in [0.25, 0.3) is 0 Å². The van der Waals surface area contributed by atoms with E-state index in [-0.39, 0.29) is 11.7 Å². The average Bonchev–Trinajstić information content (AvgIpc) is 3.43. The van der Waals surface area contributed by atoms with Crippen LogP contribution in [0.3, 0.4) is 0 Å². The number of amides is 1. The summed E-state index contributed by atoms with van der Waals surface area (Å²) in [6.07, 6.45) is 2.50. The molecule has 2 aromatic rings. The molecule has 0 bridgehead atoms. The molecule has 1 aromatic carbocycles. The third-order valence-corrected chi connectivity index (χ3v) is 4.41. The largest absolute Gasteiger partial charge is 0.493 e. The summed E-state index contributed by atoms with van der Waals surface area (Å²) in [5, 5.41) is 11.9. The number of nitrogens with two attached hydrogens (primary N) is 1. The molecule has 132 valence electrons. The van der Waals surface area contributed by atoms with Crippen LogP contribution >= 0.6 is 11.6 Å². The average molecular weight is 361 g/mol. The SMILES string of the molecule is CC(NCc1cc(Cl)ccc1OCC1CC1)c1ccc(C(N)=O)nn1. The van der Waals surface area contributed by atoms with Crippen molar-refractivity contribution < 1.29 is 9.53 Å². The van der Waals surface area contributed by atoms with Crippen molar-refractivity contribution in [2.45, 2.75) is 32.4 Å². The predicted molar refractivity (Wildman–Crippen MR) is 95.5 cm³/mol. The van der Waals surface area contributed by atoms with Gasteiger partial charge in [-0.25, -0.2) is 0 Å². The molecule has 6 nitrogen and oxygen atoms in total. The van der Waals surface area contributed by atoms with Crippen molar-refractivity contribution in [3.8, 4) is 5.75 Å². The zero-order chi connectivity index (χ0) is 17.8. The molecule has 1 heterocycles. The Kier molecular flexibility index (Phi) is 5.50. The predicted octanol–water partition coefficient (Wildman–Crippen LogP) is 2.87. The van der Waals surface area contributed by atoms with Crippen LogP contribution in [-0.2, 0) is 6.54 Å². The quantitative estimate of drug-likeness (QED) is 0.755. The number of primary amides is 1. The molecule has 1 atom stereocenters. The van der Waals surface area contributed by atoms with Gasteiger partial charge in [-0.2, -0.15) is 5.10 Å². The maximum absolute atomic E-state index is 11.1. The van der Waals surface area contributed by atoms with E-state index in [2.05, 4.69) is 15.5 Å². The van der Waals surface area contributed by atoms with Crippen LogP contribution < -0.4 is 15.8 Å². The first-order valence-corrected chi connectivity index (χ1v) is 8.69. The highest BCUT2D eigenvalue weighted by Gasteiger charge is 2.22. The van der Waals surface area contributed by atoms with Crippen LogP contribution in [-0.4, -0.2) is 22.7 Å². The van der Waals surface area contributed by atoms with Gasteiger partial charge in [0, 0.05) is 23.2 Å². The third-order valence-electron chi connectivity index (χ3n) is 4.17. The molecule has 1 aromatic heterocycles. The van der Waals surface area contributed by atoms with Crippen LogP contribution in [0.15, 0.2) is 30.3 Å². The lowest BCUT2D eigenvalue weighted by Gasteiger charge is -2.16. The molecule has 0 aliphatic heterocycles. The maximum atomic E-state index is 11.1. The van der Waals surface area contributed by atoms with Gasteiger partial charge in [-0.05, 0) is 56.0 Å². The van der Waals surface area contributed by atoms with E-state index >= 15 is 0 Å². The molecule has 1 amide bonds. The summed E-state index contributed by atoms with van der Waals surface area (Å²) in [5.74, 6) is 0.955. The van der Waals surface area contributed by atoms with Gasteiger partial charge in [0.1, 0.15) is 5.75 Å². The molecule has 0 radical (unpaired) electrons. The van der Waals surface area contributed by atoms with E-state index in [4.69, 9.17) is 22.1 Å². The number of carbonyl (C=O) groups excluding carboxylic acids is 1. The number of ether oxygens (including phenoxy) is 1. The first-order valence-electron chi connectivity index (χ1n) is 8.31. The lowest BCUT2D eigenvalue weighted by Crippen LogP contribution is -2.21. The summed E-state index contributed by atoms with van der Waals surface area (Å²) in [6, 6.07) is 8.92. The highest BCUT2D eigenvalue weighted by molar-refractivity contribution is 6.30. The second kappa shape index (κ2) is 7.80. The number of halogens is 1. The number of aromatic nitrogens is 2. The number of nitrogens with one attached hydrogen (secondary N) is 1. The molecule has 1 saturated carbocycles. The number of hydrogen-bond donors (Lipinski definition) is 2. The Balaban J connectivity index is 1.63. The van der Waals surface area contributed by atoms with Crippen molar-refractivity contribution in [2.24, 2.45) is 11.7 Å². The molecule has 0 spiro atoms. The Bertz CT molecular complexity index is 747. The minimum atomic E-state index is -0.587. The fourth-order valence-electron chi connectivity index (χ4n) is 2.39. The number of benzene rings is 1.